The summed E-state index contributed by atoms with van der Waals surface area (Å²) >= 11 is 0. The molecular formula is C17H24N2O2. The molecule has 0 spiro atoms. The third-order valence-corrected chi connectivity index (χ3v) is 5.20. The molecule has 4 heteroatoms. The molecule has 3 rings (SSSR count). The zero-order valence-corrected chi connectivity index (χ0v) is 12.4. The third kappa shape index (κ3) is 2.83. The summed E-state index contributed by atoms with van der Waals surface area (Å²) in [6.45, 7) is 3.50. The standard InChI is InChI=1S/C17H24N2O2/c20-16(21)17(19-12-10-18-11-13-19)8-6-15(7-9-17)14-4-2-1-3-5-14/h1-5,15,18H,6-13H2,(H,20,21). The number of hydrogen-bond acceptors (Lipinski definition) is 3. The Kier molecular flexibility index (Phi) is 4.27. The van der Waals surface area contributed by atoms with Crippen LogP contribution in [0, 0.1) is 0 Å². The summed E-state index contributed by atoms with van der Waals surface area (Å²) in [7, 11) is 0. The van der Waals surface area contributed by atoms with Crippen LogP contribution in [0.25, 0.3) is 0 Å². The predicted octanol–water partition coefficient (Wildman–Crippen LogP) is 2.07. The summed E-state index contributed by atoms with van der Waals surface area (Å²) in [4.78, 5) is 14.2. The minimum Gasteiger partial charge on any atom is -0.480 e. The molecule has 21 heavy (non-hydrogen) atoms. The van der Waals surface area contributed by atoms with Crippen molar-refractivity contribution in [3.63, 3.8) is 0 Å². The number of aliphatic carboxylic acids is 1. The van der Waals surface area contributed by atoms with E-state index in [4.69, 9.17) is 0 Å². The fourth-order valence-electron chi connectivity index (χ4n) is 3.91. The van der Waals surface area contributed by atoms with Crippen molar-refractivity contribution in [3.8, 4) is 0 Å². The maximum atomic E-state index is 12.0. The van der Waals surface area contributed by atoms with Gasteiger partial charge in [0.1, 0.15) is 5.54 Å². The molecule has 0 unspecified atom stereocenters. The first-order chi connectivity index (χ1) is 10.2. The summed E-state index contributed by atoms with van der Waals surface area (Å²) in [5, 5.41) is 13.1. The molecule has 2 fully saturated rings. The van der Waals surface area contributed by atoms with Crippen LogP contribution in [0.3, 0.4) is 0 Å². The quantitative estimate of drug-likeness (QED) is 0.894. The number of carboxylic acid groups (broad SMARTS) is 1. The van der Waals surface area contributed by atoms with Crippen molar-refractivity contribution in [3.05, 3.63) is 35.9 Å². The Labute approximate surface area is 126 Å². The summed E-state index contributed by atoms with van der Waals surface area (Å²) in [5.74, 6) is -0.113. The molecule has 1 saturated heterocycles. The number of carbonyl (C=O) groups is 1. The first-order valence-electron chi connectivity index (χ1n) is 7.96. The highest BCUT2D eigenvalue weighted by molar-refractivity contribution is 5.79. The van der Waals surface area contributed by atoms with Crippen molar-refractivity contribution in [2.45, 2.75) is 37.1 Å². The summed E-state index contributed by atoms with van der Waals surface area (Å²) in [6, 6.07) is 10.5. The second-order valence-corrected chi connectivity index (χ2v) is 6.26. The van der Waals surface area contributed by atoms with E-state index in [1.807, 2.05) is 6.07 Å². The molecule has 0 bridgehead atoms. The molecule has 1 aromatic rings. The Bertz CT molecular complexity index is 475. The van der Waals surface area contributed by atoms with E-state index in [1.165, 1.54) is 5.56 Å². The van der Waals surface area contributed by atoms with Gasteiger partial charge in [-0.05, 0) is 37.2 Å². The lowest BCUT2D eigenvalue weighted by atomic mass is 9.73. The lowest BCUT2D eigenvalue weighted by molar-refractivity contribution is -0.155. The predicted molar refractivity (Wildman–Crippen MR) is 82.5 cm³/mol. The van der Waals surface area contributed by atoms with Crippen LogP contribution < -0.4 is 5.32 Å². The minimum absolute atomic E-state index is 0.515. The number of benzene rings is 1. The molecule has 0 radical (unpaired) electrons. The van der Waals surface area contributed by atoms with E-state index in [0.29, 0.717) is 5.92 Å². The zero-order valence-electron chi connectivity index (χ0n) is 12.4. The number of rotatable bonds is 3. The van der Waals surface area contributed by atoms with Gasteiger partial charge in [0.2, 0.25) is 0 Å². The molecule has 1 aliphatic heterocycles. The highest BCUT2D eigenvalue weighted by Gasteiger charge is 2.46. The number of carboxylic acids is 1. The first-order valence-corrected chi connectivity index (χ1v) is 7.96. The van der Waals surface area contributed by atoms with Gasteiger partial charge in [-0.15, -0.1) is 0 Å². The van der Waals surface area contributed by atoms with Crippen molar-refractivity contribution in [1.82, 2.24) is 10.2 Å². The summed E-state index contributed by atoms with van der Waals surface area (Å²) in [6.07, 6.45) is 3.48. The maximum absolute atomic E-state index is 12.0. The van der Waals surface area contributed by atoms with E-state index in [1.54, 1.807) is 0 Å². The van der Waals surface area contributed by atoms with Crippen LogP contribution in [-0.4, -0.2) is 47.7 Å². The lowest BCUT2D eigenvalue weighted by Gasteiger charge is -2.46. The monoisotopic (exact) mass is 288 g/mol. The maximum Gasteiger partial charge on any atom is 0.324 e. The molecule has 1 saturated carbocycles. The molecule has 1 aliphatic carbocycles. The van der Waals surface area contributed by atoms with Crippen LogP contribution in [0.4, 0.5) is 0 Å². The molecular weight excluding hydrogens is 264 g/mol. The van der Waals surface area contributed by atoms with Gasteiger partial charge in [-0.3, -0.25) is 9.69 Å². The van der Waals surface area contributed by atoms with Crippen molar-refractivity contribution in [2.24, 2.45) is 0 Å². The number of hydrogen-bond donors (Lipinski definition) is 2. The SMILES string of the molecule is O=C(O)C1(N2CCNCC2)CCC(c2ccccc2)CC1. The van der Waals surface area contributed by atoms with Gasteiger partial charge in [-0.1, -0.05) is 30.3 Å². The van der Waals surface area contributed by atoms with Gasteiger partial charge in [0.25, 0.3) is 0 Å². The normalized spacial score (nSPS) is 31.0. The number of piperazine rings is 1. The van der Waals surface area contributed by atoms with Crippen LogP contribution >= 0.6 is 0 Å². The number of nitrogens with zero attached hydrogens (tertiary/aromatic N) is 1. The molecule has 2 N–H and O–H groups in total. The number of nitrogens with one attached hydrogen (secondary N) is 1. The van der Waals surface area contributed by atoms with E-state index >= 15 is 0 Å². The lowest BCUT2D eigenvalue weighted by Crippen LogP contribution is -2.61. The Morgan fingerprint density at radius 3 is 2.33 bits per heavy atom. The van der Waals surface area contributed by atoms with Crippen LogP contribution in [0.15, 0.2) is 30.3 Å². The summed E-state index contributed by atoms with van der Waals surface area (Å²) in [5.41, 5.74) is 0.727. The molecule has 114 valence electrons. The first kappa shape index (κ1) is 14.5. The van der Waals surface area contributed by atoms with E-state index in [0.717, 1.165) is 51.9 Å². The van der Waals surface area contributed by atoms with Gasteiger partial charge in [0.15, 0.2) is 0 Å². The van der Waals surface area contributed by atoms with Gasteiger partial charge >= 0.3 is 5.97 Å². The fraction of sp³-hybridized carbons (Fsp3) is 0.588. The van der Waals surface area contributed by atoms with E-state index < -0.39 is 11.5 Å². The second kappa shape index (κ2) is 6.16. The third-order valence-electron chi connectivity index (χ3n) is 5.20. The van der Waals surface area contributed by atoms with Crippen molar-refractivity contribution in [2.75, 3.05) is 26.2 Å². The van der Waals surface area contributed by atoms with E-state index in [-0.39, 0.29) is 0 Å². The van der Waals surface area contributed by atoms with Gasteiger partial charge in [0, 0.05) is 26.2 Å². The van der Waals surface area contributed by atoms with Crippen molar-refractivity contribution in [1.29, 1.82) is 0 Å². The van der Waals surface area contributed by atoms with Crippen LogP contribution in [-0.2, 0) is 4.79 Å². The average Bonchev–Trinajstić information content (AvgIpc) is 2.56. The Balaban J connectivity index is 1.72. The topological polar surface area (TPSA) is 52.6 Å². The Morgan fingerprint density at radius 2 is 1.76 bits per heavy atom. The van der Waals surface area contributed by atoms with Gasteiger partial charge in [-0.2, -0.15) is 0 Å². The fourth-order valence-corrected chi connectivity index (χ4v) is 3.91. The van der Waals surface area contributed by atoms with Crippen LogP contribution in [0.1, 0.15) is 37.2 Å². The minimum atomic E-state index is -0.632. The molecule has 0 aromatic heterocycles. The Morgan fingerprint density at radius 1 is 1.14 bits per heavy atom. The molecule has 0 atom stereocenters. The van der Waals surface area contributed by atoms with E-state index in [9.17, 15) is 9.90 Å². The van der Waals surface area contributed by atoms with Crippen molar-refractivity contribution < 1.29 is 9.90 Å². The summed E-state index contributed by atoms with van der Waals surface area (Å²) < 4.78 is 0. The zero-order chi connectivity index (χ0) is 14.7. The highest BCUT2D eigenvalue weighted by Crippen LogP contribution is 2.41. The molecule has 0 amide bonds. The largest absolute Gasteiger partial charge is 0.480 e. The Hall–Kier alpha value is -1.39. The van der Waals surface area contributed by atoms with Crippen LogP contribution in [0.2, 0.25) is 0 Å². The van der Waals surface area contributed by atoms with Gasteiger partial charge < -0.3 is 10.4 Å². The highest BCUT2D eigenvalue weighted by atomic mass is 16.4. The van der Waals surface area contributed by atoms with Gasteiger partial charge in [0.05, 0.1) is 0 Å². The van der Waals surface area contributed by atoms with E-state index in [2.05, 4.69) is 34.5 Å². The van der Waals surface area contributed by atoms with Crippen LogP contribution in [0.5, 0.6) is 0 Å². The average molecular weight is 288 g/mol. The molecule has 1 heterocycles. The molecule has 1 aromatic carbocycles. The smallest absolute Gasteiger partial charge is 0.324 e. The van der Waals surface area contributed by atoms with Crippen molar-refractivity contribution >= 4 is 5.97 Å². The molecule has 2 aliphatic rings. The van der Waals surface area contributed by atoms with Gasteiger partial charge in [-0.25, -0.2) is 0 Å². The second-order valence-electron chi connectivity index (χ2n) is 6.26. The molecule has 4 nitrogen and oxygen atoms in total.